The number of benzene rings is 2. The van der Waals surface area contributed by atoms with E-state index in [1.807, 2.05) is 24.3 Å². The third kappa shape index (κ3) is 3.95. The van der Waals surface area contributed by atoms with Gasteiger partial charge in [0, 0.05) is 5.92 Å². The van der Waals surface area contributed by atoms with Crippen molar-refractivity contribution in [2.45, 2.75) is 12.3 Å². The van der Waals surface area contributed by atoms with Crippen molar-refractivity contribution in [1.29, 1.82) is 0 Å². The van der Waals surface area contributed by atoms with Crippen LogP contribution in [0, 0.1) is 5.82 Å². The molecule has 0 aliphatic carbocycles. The van der Waals surface area contributed by atoms with Gasteiger partial charge in [0.1, 0.15) is 11.6 Å². The first kappa shape index (κ1) is 13.3. The summed E-state index contributed by atoms with van der Waals surface area (Å²) < 4.78 is 18.5. The molecule has 0 fully saturated rings. The van der Waals surface area contributed by atoms with E-state index in [1.54, 1.807) is 12.1 Å². The van der Waals surface area contributed by atoms with E-state index in [0.29, 0.717) is 12.4 Å². The topological polar surface area (TPSA) is 9.23 Å². The van der Waals surface area contributed by atoms with E-state index < -0.39 is 0 Å². The minimum atomic E-state index is -0.252. The van der Waals surface area contributed by atoms with Crippen molar-refractivity contribution in [3.63, 3.8) is 0 Å². The van der Waals surface area contributed by atoms with Crippen LogP contribution in [0.25, 0.3) is 0 Å². The molecule has 19 heavy (non-hydrogen) atoms. The van der Waals surface area contributed by atoms with Gasteiger partial charge in [0.25, 0.3) is 0 Å². The van der Waals surface area contributed by atoms with Crippen LogP contribution < -0.4 is 4.74 Å². The maximum absolute atomic E-state index is 12.8. The van der Waals surface area contributed by atoms with Crippen molar-refractivity contribution < 1.29 is 9.13 Å². The number of rotatable bonds is 6. The van der Waals surface area contributed by atoms with Gasteiger partial charge in [-0.1, -0.05) is 36.4 Å². The first-order valence-corrected chi connectivity index (χ1v) is 6.34. The lowest BCUT2D eigenvalue weighted by molar-refractivity contribution is 0.288. The molecule has 1 atom stereocenters. The molecule has 98 valence electrons. The summed E-state index contributed by atoms with van der Waals surface area (Å²) in [5.41, 5.74) is 1.23. The molecule has 0 amide bonds. The van der Waals surface area contributed by atoms with Gasteiger partial charge in [0.05, 0.1) is 6.61 Å². The summed E-state index contributed by atoms with van der Waals surface area (Å²) in [6.45, 7) is 4.34. The summed E-state index contributed by atoms with van der Waals surface area (Å²) in [6, 6.07) is 16.3. The normalized spacial score (nSPS) is 11.8. The fourth-order valence-electron chi connectivity index (χ4n) is 1.95. The molecule has 1 unspecified atom stereocenters. The summed E-state index contributed by atoms with van der Waals surface area (Å²) in [4.78, 5) is 0. The van der Waals surface area contributed by atoms with Crippen LogP contribution in [-0.4, -0.2) is 6.61 Å². The highest BCUT2D eigenvalue weighted by molar-refractivity contribution is 5.24. The zero-order valence-corrected chi connectivity index (χ0v) is 10.8. The van der Waals surface area contributed by atoms with E-state index in [1.165, 1.54) is 17.7 Å². The van der Waals surface area contributed by atoms with Crippen molar-refractivity contribution >= 4 is 0 Å². The van der Waals surface area contributed by atoms with Gasteiger partial charge in [-0.3, -0.25) is 0 Å². The number of hydrogen-bond acceptors (Lipinski definition) is 1. The summed E-state index contributed by atoms with van der Waals surface area (Å²) in [7, 11) is 0. The maximum atomic E-state index is 12.8. The zero-order chi connectivity index (χ0) is 13.5. The van der Waals surface area contributed by atoms with Gasteiger partial charge in [0.15, 0.2) is 0 Å². The molecule has 0 saturated carbocycles. The van der Waals surface area contributed by atoms with Crippen LogP contribution in [0.1, 0.15) is 17.9 Å². The molecular formula is C17H17FO. The second-order valence-corrected chi connectivity index (χ2v) is 4.40. The molecule has 0 saturated heterocycles. The first-order valence-electron chi connectivity index (χ1n) is 6.34. The van der Waals surface area contributed by atoms with Crippen molar-refractivity contribution in [2.24, 2.45) is 0 Å². The van der Waals surface area contributed by atoms with Gasteiger partial charge in [-0.2, -0.15) is 0 Å². The Morgan fingerprint density at radius 1 is 1.05 bits per heavy atom. The highest BCUT2D eigenvalue weighted by Crippen LogP contribution is 2.22. The van der Waals surface area contributed by atoms with E-state index in [4.69, 9.17) is 4.74 Å². The SMILES string of the molecule is C=CCC(COc1ccc(F)cc1)c1ccccc1. The lowest BCUT2D eigenvalue weighted by atomic mass is 9.97. The predicted octanol–water partition coefficient (Wildman–Crippen LogP) is 4.56. The first-order chi connectivity index (χ1) is 9.29. The standard InChI is InChI=1S/C17H17FO/c1-2-6-15(14-7-4-3-5-8-14)13-19-17-11-9-16(18)10-12-17/h2-5,7-12,15H,1,6,13H2. The highest BCUT2D eigenvalue weighted by Gasteiger charge is 2.10. The average molecular weight is 256 g/mol. The van der Waals surface area contributed by atoms with Gasteiger partial charge in [-0.05, 0) is 36.2 Å². The minimum Gasteiger partial charge on any atom is -0.493 e. The Hall–Kier alpha value is -2.09. The molecular weight excluding hydrogens is 239 g/mol. The lowest BCUT2D eigenvalue weighted by Crippen LogP contribution is -2.09. The number of allylic oxidation sites excluding steroid dienone is 1. The number of hydrogen-bond donors (Lipinski definition) is 0. The largest absolute Gasteiger partial charge is 0.493 e. The van der Waals surface area contributed by atoms with E-state index in [2.05, 4.69) is 18.7 Å². The van der Waals surface area contributed by atoms with Crippen LogP contribution in [0.15, 0.2) is 67.3 Å². The van der Waals surface area contributed by atoms with E-state index in [9.17, 15) is 4.39 Å². The van der Waals surface area contributed by atoms with Crippen molar-refractivity contribution in [1.82, 2.24) is 0 Å². The molecule has 0 radical (unpaired) electrons. The van der Waals surface area contributed by atoms with Gasteiger partial charge < -0.3 is 4.74 Å². The fraction of sp³-hybridized carbons (Fsp3) is 0.176. The molecule has 0 N–H and O–H groups in total. The highest BCUT2D eigenvalue weighted by atomic mass is 19.1. The average Bonchev–Trinajstić information content (AvgIpc) is 2.46. The Kier molecular flexibility index (Phi) is 4.73. The van der Waals surface area contributed by atoms with E-state index in [-0.39, 0.29) is 11.7 Å². The molecule has 0 aromatic heterocycles. The molecule has 2 aromatic rings. The van der Waals surface area contributed by atoms with Crippen LogP contribution in [0.2, 0.25) is 0 Å². The molecule has 0 heterocycles. The molecule has 0 bridgehead atoms. The Bertz CT molecular complexity index is 505. The van der Waals surface area contributed by atoms with Crippen LogP contribution >= 0.6 is 0 Å². The third-order valence-electron chi connectivity index (χ3n) is 2.99. The molecule has 1 nitrogen and oxygen atoms in total. The van der Waals surface area contributed by atoms with Gasteiger partial charge >= 0.3 is 0 Å². The van der Waals surface area contributed by atoms with E-state index in [0.717, 1.165) is 6.42 Å². The second-order valence-electron chi connectivity index (χ2n) is 4.40. The van der Waals surface area contributed by atoms with Crippen molar-refractivity contribution in [3.8, 4) is 5.75 Å². The summed E-state index contributed by atoms with van der Waals surface area (Å²) >= 11 is 0. The molecule has 2 heteroatoms. The molecule has 2 rings (SSSR count). The second kappa shape index (κ2) is 6.74. The van der Waals surface area contributed by atoms with Crippen molar-refractivity contribution in [3.05, 3.63) is 78.6 Å². The molecule has 0 aliphatic rings. The Morgan fingerprint density at radius 3 is 2.37 bits per heavy atom. The predicted molar refractivity (Wildman–Crippen MR) is 75.9 cm³/mol. The molecule has 0 aliphatic heterocycles. The zero-order valence-electron chi connectivity index (χ0n) is 10.8. The van der Waals surface area contributed by atoms with Crippen LogP contribution in [0.3, 0.4) is 0 Å². The summed E-state index contributed by atoms with van der Waals surface area (Å²) in [6.07, 6.45) is 2.75. The van der Waals surface area contributed by atoms with Gasteiger partial charge in [-0.25, -0.2) is 4.39 Å². The van der Waals surface area contributed by atoms with Gasteiger partial charge in [-0.15, -0.1) is 6.58 Å². The number of halogens is 1. The van der Waals surface area contributed by atoms with Crippen LogP contribution in [0.4, 0.5) is 4.39 Å². The number of ether oxygens (including phenoxy) is 1. The quantitative estimate of drug-likeness (QED) is 0.688. The Balaban J connectivity index is 2.01. The van der Waals surface area contributed by atoms with E-state index >= 15 is 0 Å². The lowest BCUT2D eigenvalue weighted by Gasteiger charge is -2.16. The van der Waals surface area contributed by atoms with Crippen LogP contribution in [-0.2, 0) is 0 Å². The minimum absolute atomic E-state index is 0.252. The van der Waals surface area contributed by atoms with Crippen LogP contribution in [0.5, 0.6) is 5.75 Å². The molecule has 0 spiro atoms. The molecule has 2 aromatic carbocycles. The van der Waals surface area contributed by atoms with Gasteiger partial charge in [0.2, 0.25) is 0 Å². The maximum Gasteiger partial charge on any atom is 0.123 e. The summed E-state index contributed by atoms with van der Waals surface area (Å²) in [5.74, 6) is 0.702. The Labute approximate surface area is 113 Å². The third-order valence-corrected chi connectivity index (χ3v) is 2.99. The monoisotopic (exact) mass is 256 g/mol. The smallest absolute Gasteiger partial charge is 0.123 e. The Morgan fingerprint density at radius 2 is 1.74 bits per heavy atom. The summed E-state index contributed by atoms with van der Waals surface area (Å²) in [5, 5.41) is 0. The van der Waals surface area contributed by atoms with Crippen molar-refractivity contribution in [2.75, 3.05) is 6.61 Å². The fourth-order valence-corrected chi connectivity index (χ4v) is 1.95.